The standard InChI is InChI=1S/C10H12F3NO4/c1-2-18-9(17)14-4-3-7(15)6(5-14)8(16)10(11,12)13/h15H,2-5H2,1H3. The van der Waals surface area contributed by atoms with E-state index >= 15 is 0 Å². The number of nitrogens with zero attached hydrogens (tertiary/aromatic N) is 1. The second-order valence-electron chi connectivity index (χ2n) is 3.62. The van der Waals surface area contributed by atoms with Crippen LogP contribution in [0.3, 0.4) is 0 Å². The Hall–Kier alpha value is -1.73. The van der Waals surface area contributed by atoms with Crippen LogP contribution in [0, 0.1) is 0 Å². The van der Waals surface area contributed by atoms with Gasteiger partial charge >= 0.3 is 12.3 Å². The molecule has 8 heteroatoms. The summed E-state index contributed by atoms with van der Waals surface area (Å²) in [4.78, 5) is 23.3. The Morgan fingerprint density at radius 1 is 1.44 bits per heavy atom. The fraction of sp³-hybridized carbons (Fsp3) is 0.600. The van der Waals surface area contributed by atoms with E-state index in [2.05, 4.69) is 4.74 Å². The van der Waals surface area contributed by atoms with Gasteiger partial charge in [0, 0.05) is 13.0 Å². The molecule has 1 heterocycles. The van der Waals surface area contributed by atoms with Crippen molar-refractivity contribution < 1.29 is 32.6 Å². The highest BCUT2D eigenvalue weighted by Crippen LogP contribution is 2.26. The number of alkyl halides is 3. The van der Waals surface area contributed by atoms with Gasteiger partial charge < -0.3 is 14.7 Å². The molecule has 0 saturated heterocycles. The molecule has 1 rings (SSSR count). The van der Waals surface area contributed by atoms with E-state index in [0.717, 1.165) is 4.90 Å². The summed E-state index contributed by atoms with van der Waals surface area (Å²) < 4.78 is 41.4. The largest absolute Gasteiger partial charge is 0.512 e. The lowest BCUT2D eigenvalue weighted by Gasteiger charge is -2.27. The summed E-state index contributed by atoms with van der Waals surface area (Å²) in [5.41, 5.74) is -0.804. The number of amides is 1. The molecule has 0 atom stereocenters. The van der Waals surface area contributed by atoms with Gasteiger partial charge in [-0.1, -0.05) is 0 Å². The number of ketones is 1. The van der Waals surface area contributed by atoms with Gasteiger partial charge in [-0.25, -0.2) is 4.79 Å². The summed E-state index contributed by atoms with van der Waals surface area (Å²) in [7, 11) is 0. The van der Waals surface area contributed by atoms with Gasteiger partial charge in [-0.05, 0) is 6.92 Å². The second-order valence-corrected chi connectivity index (χ2v) is 3.62. The number of carbonyl (C=O) groups is 2. The maximum atomic E-state index is 12.3. The van der Waals surface area contributed by atoms with E-state index in [1.165, 1.54) is 0 Å². The maximum absolute atomic E-state index is 12.3. The minimum absolute atomic E-state index is 0.0132. The Balaban J connectivity index is 2.85. The van der Waals surface area contributed by atoms with Crippen molar-refractivity contribution in [1.29, 1.82) is 0 Å². The van der Waals surface area contributed by atoms with E-state index in [9.17, 15) is 27.9 Å². The van der Waals surface area contributed by atoms with Crippen LogP contribution in [0.2, 0.25) is 0 Å². The molecule has 18 heavy (non-hydrogen) atoms. The van der Waals surface area contributed by atoms with Crippen molar-refractivity contribution in [3.8, 4) is 0 Å². The van der Waals surface area contributed by atoms with E-state index < -0.39 is 35.9 Å². The zero-order chi connectivity index (χ0) is 13.9. The van der Waals surface area contributed by atoms with Crippen LogP contribution in [0.25, 0.3) is 0 Å². The Morgan fingerprint density at radius 3 is 2.56 bits per heavy atom. The smallest absolute Gasteiger partial charge is 0.454 e. The Labute approximate surface area is 101 Å². The lowest BCUT2D eigenvalue weighted by atomic mass is 10.0. The molecule has 0 radical (unpaired) electrons. The van der Waals surface area contributed by atoms with E-state index in [1.807, 2.05) is 0 Å². The molecule has 0 saturated carbocycles. The molecule has 0 unspecified atom stereocenters. The summed E-state index contributed by atoms with van der Waals surface area (Å²) in [5.74, 6) is -2.76. The summed E-state index contributed by atoms with van der Waals surface area (Å²) in [5, 5.41) is 9.31. The van der Waals surface area contributed by atoms with Crippen LogP contribution in [0.4, 0.5) is 18.0 Å². The summed E-state index contributed by atoms with van der Waals surface area (Å²) in [6.07, 6.45) is -6.07. The number of hydrogen-bond donors (Lipinski definition) is 1. The second kappa shape index (κ2) is 5.28. The zero-order valence-electron chi connectivity index (χ0n) is 9.58. The molecule has 5 nitrogen and oxygen atoms in total. The average molecular weight is 267 g/mol. The van der Waals surface area contributed by atoms with Crippen LogP contribution in [0.5, 0.6) is 0 Å². The lowest BCUT2D eigenvalue weighted by Crippen LogP contribution is -2.41. The van der Waals surface area contributed by atoms with Crippen molar-refractivity contribution in [2.24, 2.45) is 0 Å². The minimum Gasteiger partial charge on any atom is -0.512 e. The number of Topliss-reactive ketones (excluding diaryl/α,β-unsaturated/α-hetero) is 1. The van der Waals surface area contributed by atoms with Crippen molar-refractivity contribution in [2.45, 2.75) is 19.5 Å². The van der Waals surface area contributed by atoms with Gasteiger partial charge in [0.25, 0.3) is 5.78 Å². The topological polar surface area (TPSA) is 66.8 Å². The number of halogens is 3. The number of rotatable bonds is 2. The number of aliphatic hydroxyl groups is 1. The van der Waals surface area contributed by atoms with Gasteiger partial charge in [-0.15, -0.1) is 0 Å². The van der Waals surface area contributed by atoms with Crippen LogP contribution in [-0.2, 0) is 9.53 Å². The van der Waals surface area contributed by atoms with Crippen LogP contribution in [0.15, 0.2) is 11.3 Å². The third-order valence-corrected chi connectivity index (χ3v) is 2.37. The van der Waals surface area contributed by atoms with Crippen LogP contribution in [-0.4, -0.2) is 47.8 Å². The molecule has 0 aliphatic carbocycles. The molecule has 1 aliphatic heterocycles. The van der Waals surface area contributed by atoms with E-state index in [1.54, 1.807) is 6.92 Å². The summed E-state index contributed by atoms with van der Waals surface area (Å²) in [6, 6.07) is 0. The highest BCUT2D eigenvalue weighted by Gasteiger charge is 2.43. The summed E-state index contributed by atoms with van der Waals surface area (Å²) >= 11 is 0. The van der Waals surface area contributed by atoms with Crippen molar-refractivity contribution in [3.63, 3.8) is 0 Å². The molecular weight excluding hydrogens is 255 g/mol. The minimum atomic E-state index is -5.07. The van der Waals surface area contributed by atoms with Crippen molar-refractivity contribution >= 4 is 11.9 Å². The van der Waals surface area contributed by atoms with Crippen molar-refractivity contribution in [3.05, 3.63) is 11.3 Å². The molecule has 0 bridgehead atoms. The molecule has 0 aromatic rings. The molecule has 1 amide bonds. The molecule has 0 aromatic carbocycles. The predicted molar refractivity (Wildman–Crippen MR) is 53.9 cm³/mol. The first-order valence-electron chi connectivity index (χ1n) is 5.21. The Bertz CT molecular complexity index is 389. The van der Waals surface area contributed by atoms with Crippen LogP contribution >= 0.6 is 0 Å². The van der Waals surface area contributed by atoms with Gasteiger partial charge in [0.2, 0.25) is 0 Å². The molecule has 0 aromatic heterocycles. The highest BCUT2D eigenvalue weighted by atomic mass is 19.4. The number of hydrogen-bond acceptors (Lipinski definition) is 4. The fourth-order valence-corrected chi connectivity index (χ4v) is 1.50. The quantitative estimate of drug-likeness (QED) is 0.828. The molecule has 1 N–H and O–H groups in total. The Morgan fingerprint density at radius 2 is 2.06 bits per heavy atom. The van der Waals surface area contributed by atoms with E-state index in [4.69, 9.17) is 0 Å². The maximum Gasteiger partial charge on any atom is 0.454 e. The third kappa shape index (κ3) is 3.14. The predicted octanol–water partition coefficient (Wildman–Crippen LogP) is 1.79. The number of ether oxygens (including phenoxy) is 1. The monoisotopic (exact) mass is 267 g/mol. The van der Waals surface area contributed by atoms with Gasteiger partial charge in [0.1, 0.15) is 5.76 Å². The Kier molecular flexibility index (Phi) is 4.20. The molecule has 102 valence electrons. The molecule has 1 aliphatic rings. The first-order chi connectivity index (χ1) is 8.27. The molecule has 0 fully saturated rings. The molecule has 0 spiro atoms. The van der Waals surface area contributed by atoms with Gasteiger partial charge in [-0.3, -0.25) is 4.79 Å². The van der Waals surface area contributed by atoms with Gasteiger partial charge in [-0.2, -0.15) is 13.2 Å². The fourth-order valence-electron chi connectivity index (χ4n) is 1.50. The number of aliphatic hydroxyl groups excluding tert-OH is 1. The van der Waals surface area contributed by atoms with Crippen LogP contribution < -0.4 is 0 Å². The van der Waals surface area contributed by atoms with Crippen molar-refractivity contribution in [1.82, 2.24) is 4.90 Å². The van der Waals surface area contributed by atoms with E-state index in [-0.39, 0.29) is 19.6 Å². The highest BCUT2D eigenvalue weighted by molar-refractivity contribution is 6.00. The third-order valence-electron chi connectivity index (χ3n) is 2.37. The SMILES string of the molecule is CCOC(=O)N1CCC(O)=C(C(=O)C(F)(F)F)C1. The lowest BCUT2D eigenvalue weighted by molar-refractivity contribution is -0.167. The van der Waals surface area contributed by atoms with Crippen LogP contribution in [0.1, 0.15) is 13.3 Å². The van der Waals surface area contributed by atoms with Gasteiger partial charge in [0.15, 0.2) is 0 Å². The normalized spacial score (nSPS) is 16.8. The molecular formula is C10H12F3NO4. The van der Waals surface area contributed by atoms with Crippen molar-refractivity contribution in [2.75, 3.05) is 19.7 Å². The van der Waals surface area contributed by atoms with E-state index in [0.29, 0.717) is 0 Å². The first-order valence-corrected chi connectivity index (χ1v) is 5.21. The average Bonchev–Trinajstić information content (AvgIpc) is 2.27. The first kappa shape index (κ1) is 14.3. The zero-order valence-corrected chi connectivity index (χ0v) is 9.58. The number of carbonyl (C=O) groups excluding carboxylic acids is 2. The summed E-state index contributed by atoms with van der Waals surface area (Å²) in [6.45, 7) is 1.05. The van der Waals surface area contributed by atoms with Gasteiger partial charge in [0.05, 0.1) is 18.7 Å².